The molecule has 168 valence electrons. The number of carbonyl (C=O) groups is 2. The van der Waals surface area contributed by atoms with E-state index in [0.717, 1.165) is 12.8 Å². The molecule has 0 spiro atoms. The van der Waals surface area contributed by atoms with Crippen LogP contribution in [0.25, 0.3) is 0 Å². The van der Waals surface area contributed by atoms with E-state index in [-0.39, 0.29) is 22.3 Å². The van der Waals surface area contributed by atoms with Gasteiger partial charge in [0.1, 0.15) is 16.9 Å². The van der Waals surface area contributed by atoms with E-state index in [1.54, 1.807) is 12.1 Å². The summed E-state index contributed by atoms with van der Waals surface area (Å²) in [5, 5.41) is -0.645. The van der Waals surface area contributed by atoms with Crippen LogP contribution in [0.1, 0.15) is 68.8 Å². The third-order valence-corrected chi connectivity index (χ3v) is 5.87. The molecule has 0 aliphatic heterocycles. The van der Waals surface area contributed by atoms with E-state index in [1.807, 2.05) is 26.0 Å². The zero-order valence-corrected chi connectivity index (χ0v) is 19.8. The SMILES string of the molecule is CCCCCCCc1ccc(OC(=O)c2ccc(OC(=O)C(Cl)C(C)C)c(Cl)c2)cc1. The third kappa shape index (κ3) is 8.19. The fourth-order valence-electron chi connectivity index (χ4n) is 2.97. The smallest absolute Gasteiger partial charge is 0.343 e. The fourth-order valence-corrected chi connectivity index (χ4v) is 3.23. The summed E-state index contributed by atoms with van der Waals surface area (Å²) in [6, 6.07) is 11.9. The molecule has 0 radical (unpaired) electrons. The summed E-state index contributed by atoms with van der Waals surface area (Å²) in [5.74, 6) is -0.579. The lowest BCUT2D eigenvalue weighted by atomic mass is 10.1. The number of carbonyl (C=O) groups excluding carboxylic acids is 2. The third-order valence-electron chi connectivity index (χ3n) is 4.89. The van der Waals surface area contributed by atoms with Crippen LogP contribution in [0.15, 0.2) is 42.5 Å². The minimum absolute atomic E-state index is 0.0744. The first-order valence-electron chi connectivity index (χ1n) is 10.8. The van der Waals surface area contributed by atoms with Crippen LogP contribution in [0.3, 0.4) is 0 Å². The highest BCUT2D eigenvalue weighted by molar-refractivity contribution is 6.33. The van der Waals surface area contributed by atoms with Crippen LogP contribution in [0, 0.1) is 5.92 Å². The summed E-state index contributed by atoms with van der Waals surface area (Å²) < 4.78 is 10.7. The maximum Gasteiger partial charge on any atom is 0.343 e. The van der Waals surface area contributed by atoms with Crippen LogP contribution in [-0.4, -0.2) is 17.3 Å². The van der Waals surface area contributed by atoms with Crippen molar-refractivity contribution in [2.75, 3.05) is 0 Å². The Hall–Kier alpha value is -2.04. The van der Waals surface area contributed by atoms with E-state index in [1.165, 1.54) is 49.4 Å². The second kappa shape index (κ2) is 12.7. The summed E-state index contributed by atoms with van der Waals surface area (Å²) in [7, 11) is 0. The van der Waals surface area contributed by atoms with Crippen molar-refractivity contribution in [1.82, 2.24) is 0 Å². The number of hydrogen-bond acceptors (Lipinski definition) is 4. The molecule has 2 rings (SSSR count). The lowest BCUT2D eigenvalue weighted by molar-refractivity contribution is -0.134. The van der Waals surface area contributed by atoms with E-state index in [4.69, 9.17) is 32.7 Å². The van der Waals surface area contributed by atoms with Gasteiger partial charge in [-0.1, -0.05) is 70.2 Å². The molecule has 0 saturated heterocycles. The van der Waals surface area contributed by atoms with Crippen LogP contribution in [-0.2, 0) is 11.2 Å². The van der Waals surface area contributed by atoms with Crippen molar-refractivity contribution in [2.24, 2.45) is 5.92 Å². The molecule has 0 amide bonds. The van der Waals surface area contributed by atoms with Crippen LogP contribution < -0.4 is 9.47 Å². The minimum atomic E-state index is -0.778. The number of rotatable bonds is 11. The van der Waals surface area contributed by atoms with Gasteiger partial charge >= 0.3 is 11.9 Å². The van der Waals surface area contributed by atoms with Crippen LogP contribution in [0.4, 0.5) is 0 Å². The molecule has 0 aliphatic carbocycles. The summed E-state index contributed by atoms with van der Waals surface area (Å²) in [5.41, 5.74) is 1.49. The van der Waals surface area contributed by atoms with Gasteiger partial charge in [-0.3, -0.25) is 4.79 Å². The highest BCUT2D eigenvalue weighted by Crippen LogP contribution is 2.27. The molecule has 6 heteroatoms. The average Bonchev–Trinajstić information content (AvgIpc) is 2.75. The van der Waals surface area contributed by atoms with Gasteiger partial charge in [-0.25, -0.2) is 4.79 Å². The van der Waals surface area contributed by atoms with Crippen LogP contribution in [0.2, 0.25) is 5.02 Å². The molecule has 1 atom stereocenters. The molecular formula is C25H30Cl2O4. The van der Waals surface area contributed by atoms with Crippen LogP contribution >= 0.6 is 23.2 Å². The number of benzene rings is 2. The normalized spacial score (nSPS) is 11.9. The molecule has 2 aromatic rings. The topological polar surface area (TPSA) is 52.6 Å². The first kappa shape index (κ1) is 25.2. The zero-order chi connectivity index (χ0) is 22.8. The maximum absolute atomic E-state index is 12.4. The Balaban J connectivity index is 1.92. The number of hydrogen-bond donors (Lipinski definition) is 0. The number of alkyl halides is 1. The molecule has 4 nitrogen and oxygen atoms in total. The lowest BCUT2D eigenvalue weighted by Gasteiger charge is -2.13. The van der Waals surface area contributed by atoms with Gasteiger partial charge in [0.05, 0.1) is 10.6 Å². The molecule has 31 heavy (non-hydrogen) atoms. The van der Waals surface area contributed by atoms with Gasteiger partial charge in [-0.15, -0.1) is 11.6 Å². The maximum atomic E-state index is 12.4. The second-order valence-corrected chi connectivity index (χ2v) is 8.79. The Morgan fingerprint density at radius 1 is 0.935 bits per heavy atom. The summed E-state index contributed by atoms with van der Waals surface area (Å²) in [6.07, 6.45) is 7.22. The summed E-state index contributed by atoms with van der Waals surface area (Å²) >= 11 is 12.2. The number of unbranched alkanes of at least 4 members (excludes halogenated alkanes) is 4. The minimum Gasteiger partial charge on any atom is -0.424 e. The predicted octanol–water partition coefficient (Wildman–Crippen LogP) is 7.24. The van der Waals surface area contributed by atoms with E-state index >= 15 is 0 Å². The van der Waals surface area contributed by atoms with Gasteiger partial charge in [0.2, 0.25) is 0 Å². The quantitative estimate of drug-likeness (QED) is 0.152. The summed E-state index contributed by atoms with van der Waals surface area (Å²) in [6.45, 7) is 5.85. The molecule has 0 fully saturated rings. The molecule has 0 bridgehead atoms. The van der Waals surface area contributed by atoms with Gasteiger partial charge in [0, 0.05) is 0 Å². The molecule has 2 aromatic carbocycles. The molecule has 1 unspecified atom stereocenters. The van der Waals surface area contributed by atoms with Crippen molar-refractivity contribution in [3.63, 3.8) is 0 Å². The van der Waals surface area contributed by atoms with E-state index in [9.17, 15) is 9.59 Å². The second-order valence-electron chi connectivity index (χ2n) is 7.91. The van der Waals surface area contributed by atoms with E-state index in [2.05, 4.69) is 6.92 Å². The fraction of sp³-hybridized carbons (Fsp3) is 0.440. The highest BCUT2D eigenvalue weighted by atomic mass is 35.5. The van der Waals surface area contributed by atoms with Gasteiger partial charge in [0.25, 0.3) is 0 Å². The molecule has 0 saturated carbocycles. The monoisotopic (exact) mass is 464 g/mol. The Labute approximate surface area is 194 Å². The average molecular weight is 465 g/mol. The molecular weight excluding hydrogens is 435 g/mol. The zero-order valence-electron chi connectivity index (χ0n) is 18.3. The molecule has 0 heterocycles. The Bertz CT molecular complexity index is 862. The highest BCUT2D eigenvalue weighted by Gasteiger charge is 2.22. The van der Waals surface area contributed by atoms with Crippen molar-refractivity contribution < 1.29 is 19.1 Å². The Kier molecular flexibility index (Phi) is 10.4. The molecule has 0 aliphatic rings. The van der Waals surface area contributed by atoms with Crippen molar-refractivity contribution in [3.05, 3.63) is 58.6 Å². The van der Waals surface area contributed by atoms with Crippen molar-refractivity contribution >= 4 is 35.1 Å². The predicted molar refractivity (Wildman–Crippen MR) is 125 cm³/mol. The first-order valence-corrected chi connectivity index (χ1v) is 11.6. The van der Waals surface area contributed by atoms with E-state index < -0.39 is 17.3 Å². The van der Waals surface area contributed by atoms with Gasteiger partial charge in [-0.2, -0.15) is 0 Å². The molecule has 0 N–H and O–H groups in total. The van der Waals surface area contributed by atoms with E-state index in [0.29, 0.717) is 5.75 Å². The molecule has 0 aromatic heterocycles. The number of aryl methyl sites for hydroxylation is 1. The van der Waals surface area contributed by atoms with Crippen LogP contribution in [0.5, 0.6) is 11.5 Å². The lowest BCUT2D eigenvalue weighted by Crippen LogP contribution is -2.25. The van der Waals surface area contributed by atoms with Crippen molar-refractivity contribution in [1.29, 1.82) is 0 Å². The summed E-state index contributed by atoms with van der Waals surface area (Å²) in [4.78, 5) is 24.4. The Morgan fingerprint density at radius 2 is 1.61 bits per heavy atom. The Morgan fingerprint density at radius 3 is 2.23 bits per heavy atom. The largest absolute Gasteiger partial charge is 0.424 e. The van der Waals surface area contributed by atoms with Crippen molar-refractivity contribution in [3.8, 4) is 11.5 Å². The number of halogens is 2. The number of ether oxygens (including phenoxy) is 2. The van der Waals surface area contributed by atoms with Gasteiger partial charge < -0.3 is 9.47 Å². The first-order chi connectivity index (χ1) is 14.8. The van der Waals surface area contributed by atoms with Crippen molar-refractivity contribution in [2.45, 2.75) is 64.7 Å². The van der Waals surface area contributed by atoms with Gasteiger partial charge in [-0.05, 0) is 54.7 Å². The standard InChI is InChI=1S/C25H30Cl2O4/c1-4-5-6-7-8-9-18-10-13-20(14-11-18)30-24(28)19-12-15-22(21(26)16-19)31-25(29)23(27)17(2)3/h10-17,23H,4-9H2,1-3H3. The van der Waals surface area contributed by atoms with Gasteiger partial charge in [0.15, 0.2) is 0 Å². The number of esters is 2.